The van der Waals surface area contributed by atoms with Gasteiger partial charge in [-0.05, 0) is 144 Å². The van der Waals surface area contributed by atoms with Crippen molar-refractivity contribution in [2.24, 2.45) is 0 Å². The van der Waals surface area contributed by atoms with Crippen LogP contribution in [0.25, 0.3) is 20.2 Å². The molecule has 11 aromatic carbocycles. The Morgan fingerprint density at radius 2 is 0.716 bits per heavy atom. The molecule has 12 aromatic rings. The molecule has 0 spiro atoms. The fourth-order valence-electron chi connectivity index (χ4n) is 16.7. The predicted molar refractivity (Wildman–Crippen MR) is 351 cm³/mol. The number of anilines is 12. The fourth-order valence-corrected chi connectivity index (χ4v) is 17.8. The minimum atomic E-state index is -0.102. The Bertz CT molecular complexity index is 4780. The van der Waals surface area contributed by atoms with Crippen molar-refractivity contribution in [2.45, 2.75) is 39.5 Å². The van der Waals surface area contributed by atoms with E-state index in [-0.39, 0.29) is 26.9 Å². The van der Waals surface area contributed by atoms with Gasteiger partial charge in [-0.2, -0.15) is 0 Å². The Balaban J connectivity index is 1.03. The van der Waals surface area contributed by atoms with E-state index in [2.05, 4.69) is 266 Å². The van der Waals surface area contributed by atoms with E-state index in [4.69, 9.17) is 0 Å². The van der Waals surface area contributed by atoms with Crippen LogP contribution in [-0.4, -0.2) is 26.9 Å². The van der Waals surface area contributed by atoms with Gasteiger partial charge in [0.15, 0.2) is 0 Å². The van der Waals surface area contributed by atoms with Crippen molar-refractivity contribution in [3.63, 3.8) is 0 Å². The van der Waals surface area contributed by atoms with Crippen LogP contribution in [0.5, 0.6) is 0 Å². The smallest absolute Gasteiger partial charge is 0.252 e. The van der Waals surface area contributed by atoms with Gasteiger partial charge in [0.05, 0.1) is 5.69 Å². The Hall–Kier alpha value is -8.90. The number of rotatable bonds is 4. The van der Waals surface area contributed by atoms with Gasteiger partial charge in [-0.1, -0.05) is 191 Å². The normalized spacial score (nSPS) is 14.7. The summed E-state index contributed by atoms with van der Waals surface area (Å²) >= 11 is 1.93. The van der Waals surface area contributed by atoms with Crippen LogP contribution >= 0.6 is 11.3 Å². The van der Waals surface area contributed by atoms with Crippen LogP contribution in [0.4, 0.5) is 68.2 Å². The van der Waals surface area contributed by atoms with Crippen LogP contribution in [-0.2, 0) is 0 Å². The van der Waals surface area contributed by atoms with Crippen LogP contribution in [0.3, 0.4) is 0 Å². The summed E-state index contributed by atoms with van der Waals surface area (Å²) in [6, 6.07) is 84.8. The molecule has 1 aromatic heterocycles. The van der Waals surface area contributed by atoms with E-state index in [1.807, 2.05) is 11.3 Å². The third kappa shape index (κ3) is 5.52. The second-order valence-electron chi connectivity index (χ2n) is 24.1. The molecule has 81 heavy (non-hydrogen) atoms. The van der Waals surface area contributed by atoms with Crippen molar-refractivity contribution in [2.75, 3.05) is 19.6 Å². The average molecular weight is 1050 g/mol. The quantitative estimate of drug-likeness (QED) is 0.163. The maximum atomic E-state index is 2.79. The molecule has 9 heteroatoms. The molecule has 0 aliphatic carbocycles. The lowest BCUT2D eigenvalue weighted by atomic mass is 9.24. The highest BCUT2D eigenvalue weighted by atomic mass is 32.1. The first-order valence-electron chi connectivity index (χ1n) is 29.1. The first-order chi connectivity index (χ1) is 39.9. The number of thiophene rings is 1. The van der Waals surface area contributed by atoms with E-state index >= 15 is 0 Å². The fraction of sp³-hybridized carbons (Fsp3) is 0.0833. The lowest BCUT2D eigenvalue weighted by Gasteiger charge is -2.56. The summed E-state index contributed by atoms with van der Waals surface area (Å²) in [5.74, 6) is 0.648. The Morgan fingerprint density at radius 1 is 0.296 bits per heavy atom. The van der Waals surface area contributed by atoms with E-state index in [1.165, 1.54) is 159 Å². The van der Waals surface area contributed by atoms with E-state index in [1.54, 1.807) is 0 Å². The molecule has 376 valence electrons. The molecule has 8 heterocycles. The summed E-state index contributed by atoms with van der Waals surface area (Å²) in [4.78, 5) is 10.8. The summed E-state index contributed by atoms with van der Waals surface area (Å²) < 4.78 is 2.65. The van der Waals surface area contributed by atoms with Crippen molar-refractivity contribution < 1.29 is 0 Å². The Kier molecular flexibility index (Phi) is 8.83. The molecule has 0 fully saturated rings. The number of nitrogens with zero attached hydrogens (tertiary/aromatic N) is 4. The van der Waals surface area contributed by atoms with Gasteiger partial charge in [0.2, 0.25) is 6.71 Å². The molecule has 0 amide bonds. The molecule has 0 saturated carbocycles. The second kappa shape index (κ2) is 15.9. The zero-order chi connectivity index (χ0) is 53.3. The second-order valence-corrected chi connectivity index (χ2v) is 25.2. The summed E-state index contributed by atoms with van der Waals surface area (Å²) in [6.07, 6.45) is 0. The van der Waals surface area contributed by atoms with Gasteiger partial charge >= 0.3 is 0 Å². The van der Waals surface area contributed by atoms with Gasteiger partial charge < -0.3 is 19.6 Å². The molecule has 0 atom stereocenters. The molecule has 7 aliphatic rings. The summed E-state index contributed by atoms with van der Waals surface area (Å²) in [6.45, 7) is 9.46. The summed E-state index contributed by atoms with van der Waals surface area (Å²) in [5, 5.41) is 2.67. The van der Waals surface area contributed by atoms with Gasteiger partial charge in [-0.15, -0.1) is 11.3 Å². The predicted octanol–water partition coefficient (Wildman–Crippen LogP) is 10.4. The Morgan fingerprint density at radius 3 is 1.26 bits per heavy atom. The van der Waals surface area contributed by atoms with Crippen molar-refractivity contribution in [1.29, 1.82) is 0 Å². The van der Waals surface area contributed by atoms with Crippen molar-refractivity contribution >= 4 is 192 Å². The molecule has 0 unspecified atom stereocenters. The number of hydrogen-bond acceptors (Lipinski definition) is 5. The monoisotopic (exact) mass is 1050 g/mol. The maximum Gasteiger partial charge on any atom is 0.252 e. The molecule has 7 aliphatic heterocycles. The highest BCUT2D eigenvalue weighted by molar-refractivity contribution is 7.26. The van der Waals surface area contributed by atoms with Crippen LogP contribution in [0, 0.1) is 0 Å². The molecule has 0 N–H and O–H groups in total. The SMILES string of the molecule is CC(C)c1cccc(C(C)C)c1B1c2ccccc2N(c2ccccc2)c2cc3c(cc21)B1c2ccc4sc5ccccc5c4c2N2c4ccccc4B4c5ccccc5N5c6ccccc6B6c7ccccc7N3c3c6c5c4c2c31. The van der Waals surface area contributed by atoms with Gasteiger partial charge in [0.25, 0.3) is 20.1 Å². The molecular formula is C72H50B4N4S. The largest absolute Gasteiger partial charge is 0.312 e. The third-order valence-corrected chi connectivity index (χ3v) is 20.7. The van der Waals surface area contributed by atoms with E-state index in [0.29, 0.717) is 11.8 Å². The van der Waals surface area contributed by atoms with Crippen molar-refractivity contribution in [3.05, 3.63) is 230 Å². The highest BCUT2D eigenvalue weighted by Gasteiger charge is 2.58. The minimum Gasteiger partial charge on any atom is -0.312 e. The highest BCUT2D eigenvalue weighted by Crippen LogP contribution is 2.54. The van der Waals surface area contributed by atoms with E-state index in [9.17, 15) is 0 Å². The minimum absolute atomic E-state index is 0.0107. The maximum absolute atomic E-state index is 2.79. The van der Waals surface area contributed by atoms with Gasteiger partial charge in [-0.25, -0.2) is 0 Å². The summed E-state index contributed by atoms with van der Waals surface area (Å²) in [5.41, 5.74) is 34.8. The van der Waals surface area contributed by atoms with Crippen LogP contribution in [0.2, 0.25) is 0 Å². The first-order valence-corrected chi connectivity index (χ1v) is 29.9. The molecular weight excluding hydrogens is 996 g/mol. The van der Waals surface area contributed by atoms with E-state index < -0.39 is 0 Å². The standard InChI is InChI=1S/C72H50B4N4S/c1-41(2)44-24-20-25-45(42(3)4)65(44)75-47-26-9-14-31-55(47)77(43-21-6-5-7-22-43)60-40-61-54(39-53(60)75)76-52-37-38-63-64(46-23-8-19-36-62(46)81-63)69(52)80-59-35-18-13-30-51(59)74-49-28-11-16-33-57(49)78-56-32-15-10-27-48(56)73-50-29-12-17-34-58(50)79(61)71-66(73)70(78)67(74)72(80)68(71)76/h5-42H,1-4H3. The lowest BCUT2D eigenvalue weighted by molar-refractivity contribution is 0.845. The van der Waals surface area contributed by atoms with Gasteiger partial charge in [0, 0.05) is 82.7 Å². The van der Waals surface area contributed by atoms with Crippen LogP contribution in [0.1, 0.15) is 50.7 Å². The number of hydrogen-bond donors (Lipinski definition) is 0. The van der Waals surface area contributed by atoms with Crippen molar-refractivity contribution in [1.82, 2.24) is 0 Å². The molecule has 19 rings (SSSR count). The zero-order valence-corrected chi connectivity index (χ0v) is 46.3. The molecule has 0 saturated heterocycles. The topological polar surface area (TPSA) is 13.0 Å². The van der Waals surface area contributed by atoms with Gasteiger partial charge in [-0.3, -0.25) is 0 Å². The number of para-hydroxylation sites is 6. The number of fused-ring (bicyclic) bond motifs is 24. The average Bonchev–Trinajstić information content (AvgIpc) is 1.26. The summed E-state index contributed by atoms with van der Waals surface area (Å²) in [7, 11) is 0. The Labute approximate surface area is 477 Å². The lowest BCUT2D eigenvalue weighted by Crippen LogP contribution is -2.75. The first kappa shape index (κ1) is 44.9. The third-order valence-electron chi connectivity index (χ3n) is 19.6. The van der Waals surface area contributed by atoms with Crippen LogP contribution in [0.15, 0.2) is 218 Å². The van der Waals surface area contributed by atoms with Gasteiger partial charge in [0.1, 0.15) is 0 Å². The van der Waals surface area contributed by atoms with E-state index in [0.717, 1.165) is 5.69 Å². The number of benzene rings is 11. The molecule has 0 bridgehead atoms. The molecule has 0 radical (unpaired) electrons. The van der Waals surface area contributed by atoms with Crippen molar-refractivity contribution in [3.8, 4) is 0 Å². The molecule has 4 nitrogen and oxygen atoms in total. The van der Waals surface area contributed by atoms with Crippen LogP contribution < -0.4 is 85.2 Å². The zero-order valence-electron chi connectivity index (χ0n) is 45.4.